The van der Waals surface area contributed by atoms with E-state index in [1.54, 1.807) is 0 Å². The number of para-hydroxylation sites is 1. The van der Waals surface area contributed by atoms with Crippen molar-refractivity contribution < 1.29 is 4.79 Å². The van der Waals surface area contributed by atoms with Gasteiger partial charge in [0.15, 0.2) is 0 Å². The van der Waals surface area contributed by atoms with Crippen LogP contribution in [0.4, 0.5) is 0 Å². The molecule has 3 nitrogen and oxygen atoms in total. The molecule has 2 aromatic carbocycles. The molecule has 1 aromatic heterocycles. The number of carbonyl (C=O) groups is 1. The summed E-state index contributed by atoms with van der Waals surface area (Å²) in [6, 6.07) is 18.1. The molecule has 1 unspecified atom stereocenters. The molecule has 22 heavy (non-hydrogen) atoms. The third kappa shape index (κ3) is 2.89. The number of H-pyrrole nitrogens is 1. The predicted octanol–water partition coefficient (Wildman–Crippen LogP) is 3.90. The first-order valence-electron chi connectivity index (χ1n) is 7.55. The van der Waals surface area contributed by atoms with Crippen molar-refractivity contribution in [1.29, 1.82) is 0 Å². The molecule has 0 saturated heterocycles. The Hall–Kier alpha value is -2.55. The normalized spacial score (nSPS) is 12.3. The van der Waals surface area contributed by atoms with Crippen LogP contribution < -0.4 is 5.32 Å². The lowest BCUT2D eigenvalue weighted by atomic mass is 10.1. The Morgan fingerprint density at radius 2 is 1.77 bits per heavy atom. The molecular formula is C19H20N2O. The molecule has 0 spiro atoms. The average molecular weight is 292 g/mol. The molecule has 0 aliphatic rings. The van der Waals surface area contributed by atoms with Crippen LogP contribution in [0, 0.1) is 6.92 Å². The minimum Gasteiger partial charge on any atom is -0.358 e. The van der Waals surface area contributed by atoms with Gasteiger partial charge in [-0.3, -0.25) is 4.79 Å². The molecule has 1 heterocycles. The molecule has 3 heteroatoms. The summed E-state index contributed by atoms with van der Waals surface area (Å²) in [5.41, 5.74) is 4.34. The molecule has 1 amide bonds. The van der Waals surface area contributed by atoms with Crippen molar-refractivity contribution in [1.82, 2.24) is 10.3 Å². The molecule has 0 saturated carbocycles. The molecule has 0 bridgehead atoms. The van der Waals surface area contributed by atoms with Crippen molar-refractivity contribution in [3.63, 3.8) is 0 Å². The van der Waals surface area contributed by atoms with E-state index >= 15 is 0 Å². The molecular weight excluding hydrogens is 272 g/mol. The first kappa shape index (κ1) is 14.4. The maximum Gasteiger partial charge on any atom is 0.224 e. The Morgan fingerprint density at radius 3 is 2.55 bits per heavy atom. The third-order valence-electron chi connectivity index (χ3n) is 4.04. The number of fused-ring (bicyclic) bond motifs is 1. The Labute approximate surface area is 130 Å². The van der Waals surface area contributed by atoms with E-state index in [-0.39, 0.29) is 11.9 Å². The van der Waals surface area contributed by atoms with E-state index in [1.165, 1.54) is 0 Å². The van der Waals surface area contributed by atoms with E-state index in [0.29, 0.717) is 6.42 Å². The van der Waals surface area contributed by atoms with Gasteiger partial charge in [0.05, 0.1) is 12.5 Å². The fourth-order valence-electron chi connectivity index (χ4n) is 2.84. The predicted molar refractivity (Wildman–Crippen MR) is 89.7 cm³/mol. The number of rotatable bonds is 4. The van der Waals surface area contributed by atoms with Crippen molar-refractivity contribution >= 4 is 16.8 Å². The van der Waals surface area contributed by atoms with Crippen molar-refractivity contribution in [3.05, 3.63) is 71.4 Å². The average Bonchev–Trinajstić information content (AvgIpc) is 2.84. The number of hydrogen-bond acceptors (Lipinski definition) is 1. The standard InChI is InChI=1S/C19H20N2O/c1-13(15-8-4-3-5-9-15)21-19(22)12-17-14(2)20-18-11-7-6-10-16(17)18/h3-11,13,20H,12H2,1-2H3,(H,21,22). The molecule has 0 fully saturated rings. The van der Waals surface area contributed by atoms with Crippen LogP contribution in [0.25, 0.3) is 10.9 Å². The highest BCUT2D eigenvalue weighted by Crippen LogP contribution is 2.22. The van der Waals surface area contributed by atoms with Crippen LogP contribution >= 0.6 is 0 Å². The van der Waals surface area contributed by atoms with Gasteiger partial charge in [0, 0.05) is 16.6 Å². The molecule has 0 aliphatic carbocycles. The second-order valence-electron chi connectivity index (χ2n) is 5.65. The lowest BCUT2D eigenvalue weighted by Crippen LogP contribution is -2.28. The van der Waals surface area contributed by atoms with Gasteiger partial charge in [0.25, 0.3) is 0 Å². The molecule has 0 radical (unpaired) electrons. The maximum atomic E-state index is 12.4. The third-order valence-corrected chi connectivity index (χ3v) is 4.04. The quantitative estimate of drug-likeness (QED) is 0.752. The van der Waals surface area contributed by atoms with Crippen molar-refractivity contribution in [2.75, 3.05) is 0 Å². The Balaban J connectivity index is 1.75. The summed E-state index contributed by atoms with van der Waals surface area (Å²) in [5.74, 6) is 0.0456. The lowest BCUT2D eigenvalue weighted by Gasteiger charge is -2.14. The highest BCUT2D eigenvalue weighted by atomic mass is 16.1. The molecule has 0 aliphatic heterocycles. The minimum atomic E-state index is 0.0132. The largest absolute Gasteiger partial charge is 0.358 e. The number of benzene rings is 2. The summed E-state index contributed by atoms with van der Waals surface area (Å²) in [6.45, 7) is 4.03. The van der Waals surface area contributed by atoms with Gasteiger partial charge in [-0.05, 0) is 31.0 Å². The maximum absolute atomic E-state index is 12.4. The zero-order valence-electron chi connectivity index (χ0n) is 12.9. The summed E-state index contributed by atoms with van der Waals surface area (Å²) in [4.78, 5) is 15.7. The summed E-state index contributed by atoms with van der Waals surface area (Å²) in [6.07, 6.45) is 0.396. The number of aryl methyl sites for hydroxylation is 1. The van der Waals surface area contributed by atoms with Gasteiger partial charge in [-0.2, -0.15) is 0 Å². The van der Waals surface area contributed by atoms with Gasteiger partial charge in [-0.15, -0.1) is 0 Å². The van der Waals surface area contributed by atoms with E-state index in [1.807, 2.05) is 62.4 Å². The van der Waals surface area contributed by atoms with E-state index in [4.69, 9.17) is 0 Å². The van der Waals surface area contributed by atoms with Crippen LogP contribution in [0.15, 0.2) is 54.6 Å². The van der Waals surface area contributed by atoms with Crippen molar-refractivity contribution in [3.8, 4) is 0 Å². The SMILES string of the molecule is Cc1[nH]c2ccccc2c1CC(=O)NC(C)c1ccccc1. The molecule has 3 aromatic rings. The smallest absolute Gasteiger partial charge is 0.224 e. The fraction of sp³-hybridized carbons (Fsp3) is 0.211. The number of carbonyl (C=O) groups excluding carboxylic acids is 1. The Morgan fingerprint density at radius 1 is 1.09 bits per heavy atom. The minimum absolute atomic E-state index is 0.0132. The van der Waals surface area contributed by atoms with E-state index < -0.39 is 0 Å². The van der Waals surface area contributed by atoms with E-state index in [0.717, 1.165) is 27.7 Å². The second-order valence-corrected chi connectivity index (χ2v) is 5.65. The van der Waals surface area contributed by atoms with Crippen LogP contribution in [-0.2, 0) is 11.2 Å². The summed E-state index contributed by atoms with van der Waals surface area (Å²) in [5, 5.41) is 4.20. The number of nitrogens with one attached hydrogen (secondary N) is 2. The zero-order chi connectivity index (χ0) is 15.5. The van der Waals surface area contributed by atoms with Gasteiger partial charge < -0.3 is 10.3 Å². The van der Waals surface area contributed by atoms with Crippen LogP contribution in [0.2, 0.25) is 0 Å². The van der Waals surface area contributed by atoms with Gasteiger partial charge in [0.2, 0.25) is 5.91 Å². The first-order valence-corrected chi connectivity index (χ1v) is 7.55. The highest BCUT2D eigenvalue weighted by molar-refractivity contribution is 5.90. The highest BCUT2D eigenvalue weighted by Gasteiger charge is 2.14. The van der Waals surface area contributed by atoms with Crippen LogP contribution in [0.5, 0.6) is 0 Å². The van der Waals surface area contributed by atoms with Crippen LogP contribution in [-0.4, -0.2) is 10.9 Å². The number of hydrogen-bond donors (Lipinski definition) is 2. The van der Waals surface area contributed by atoms with Gasteiger partial charge >= 0.3 is 0 Å². The number of amides is 1. The van der Waals surface area contributed by atoms with Gasteiger partial charge in [0.1, 0.15) is 0 Å². The molecule has 1 atom stereocenters. The Kier molecular flexibility index (Phi) is 3.96. The summed E-state index contributed by atoms with van der Waals surface area (Å²) >= 11 is 0. The van der Waals surface area contributed by atoms with Crippen molar-refractivity contribution in [2.45, 2.75) is 26.3 Å². The zero-order valence-corrected chi connectivity index (χ0v) is 12.9. The fourth-order valence-corrected chi connectivity index (χ4v) is 2.84. The van der Waals surface area contributed by atoms with Gasteiger partial charge in [-0.25, -0.2) is 0 Å². The second kappa shape index (κ2) is 6.06. The lowest BCUT2D eigenvalue weighted by molar-refractivity contribution is -0.121. The molecule has 2 N–H and O–H groups in total. The topological polar surface area (TPSA) is 44.9 Å². The Bertz CT molecular complexity index is 790. The molecule has 3 rings (SSSR count). The van der Waals surface area contributed by atoms with Crippen LogP contribution in [0.3, 0.4) is 0 Å². The number of aromatic nitrogens is 1. The summed E-state index contributed by atoms with van der Waals surface area (Å²) in [7, 11) is 0. The van der Waals surface area contributed by atoms with Gasteiger partial charge in [-0.1, -0.05) is 48.5 Å². The van der Waals surface area contributed by atoms with Crippen LogP contribution in [0.1, 0.15) is 29.8 Å². The number of aromatic amines is 1. The summed E-state index contributed by atoms with van der Waals surface area (Å²) < 4.78 is 0. The van der Waals surface area contributed by atoms with E-state index in [2.05, 4.69) is 16.4 Å². The molecule has 112 valence electrons. The van der Waals surface area contributed by atoms with E-state index in [9.17, 15) is 4.79 Å². The van der Waals surface area contributed by atoms with Crippen molar-refractivity contribution in [2.24, 2.45) is 0 Å². The first-order chi connectivity index (χ1) is 10.6. The monoisotopic (exact) mass is 292 g/mol.